The Labute approximate surface area is 294 Å². The van der Waals surface area contributed by atoms with E-state index in [1.807, 2.05) is 84.3 Å². The van der Waals surface area contributed by atoms with Gasteiger partial charge < -0.3 is 9.47 Å². The molecule has 0 N–H and O–H groups in total. The van der Waals surface area contributed by atoms with Gasteiger partial charge in [-0.1, -0.05) is 65.9 Å². The van der Waals surface area contributed by atoms with E-state index in [1.54, 1.807) is 17.6 Å². The lowest BCUT2D eigenvalue weighted by Crippen LogP contribution is -2.39. The fourth-order valence-electron chi connectivity index (χ4n) is 5.01. The van der Waals surface area contributed by atoms with Gasteiger partial charge in [0.1, 0.15) is 18.4 Å². The molecule has 1 aliphatic rings. The summed E-state index contributed by atoms with van der Waals surface area (Å²) >= 11 is 7.23. The summed E-state index contributed by atoms with van der Waals surface area (Å²) < 4.78 is 15.5. The van der Waals surface area contributed by atoms with Crippen LogP contribution in [0.3, 0.4) is 0 Å². The number of rotatable bonds is 8. The molecule has 0 fully saturated rings. The van der Waals surface area contributed by atoms with E-state index in [9.17, 15) is 14.9 Å². The van der Waals surface area contributed by atoms with Crippen LogP contribution >= 0.6 is 67.9 Å². The van der Waals surface area contributed by atoms with Crippen LogP contribution in [0.1, 0.15) is 40.1 Å². The molecule has 0 radical (unpaired) electrons. The molecule has 0 spiro atoms. The molecule has 45 heavy (non-hydrogen) atoms. The molecule has 6 rings (SSSR count). The quantitative estimate of drug-likeness (QED) is 0.129. The summed E-state index contributed by atoms with van der Waals surface area (Å²) in [5, 5.41) is 11.4. The maximum atomic E-state index is 14.1. The van der Waals surface area contributed by atoms with Crippen molar-refractivity contribution < 1.29 is 14.3 Å². The van der Waals surface area contributed by atoms with Gasteiger partial charge in [-0.05, 0) is 93.4 Å². The SMILES string of the molecule is CCOC(=O)C1=C(c2ccccc2)N=c2s/c(=C\c3cc(I)c(OCc4ccccc4C#N)c(I)c3)c(=O)n2[C@H]1c1cccs1. The first-order chi connectivity index (χ1) is 21.9. The van der Waals surface area contributed by atoms with Gasteiger partial charge in [0.25, 0.3) is 5.56 Å². The van der Waals surface area contributed by atoms with Crippen molar-refractivity contribution in [2.75, 3.05) is 6.61 Å². The van der Waals surface area contributed by atoms with Gasteiger partial charge in [-0.25, -0.2) is 9.79 Å². The Hall–Kier alpha value is -3.58. The molecule has 2 aromatic heterocycles. The summed E-state index contributed by atoms with van der Waals surface area (Å²) in [7, 11) is 0. The second-order valence-corrected chi connectivity index (χ2v) is 14.1. The van der Waals surface area contributed by atoms with Gasteiger partial charge in [0, 0.05) is 16.0 Å². The van der Waals surface area contributed by atoms with Crippen LogP contribution in [0.2, 0.25) is 0 Å². The van der Waals surface area contributed by atoms with E-state index in [1.165, 1.54) is 22.7 Å². The highest BCUT2D eigenvalue weighted by Gasteiger charge is 2.35. The van der Waals surface area contributed by atoms with Crippen LogP contribution in [0.5, 0.6) is 5.75 Å². The van der Waals surface area contributed by atoms with E-state index in [0.29, 0.717) is 31.9 Å². The number of benzene rings is 3. The number of carbonyl (C=O) groups excluding carboxylic acids is 1. The van der Waals surface area contributed by atoms with E-state index in [0.717, 1.165) is 28.7 Å². The summed E-state index contributed by atoms with van der Waals surface area (Å²) in [4.78, 5) is 33.9. The van der Waals surface area contributed by atoms with Crippen molar-refractivity contribution in [1.82, 2.24) is 4.57 Å². The molecular weight excluding hydrogens is 832 g/mol. The molecule has 0 aliphatic carbocycles. The number of aromatic nitrogens is 1. The second kappa shape index (κ2) is 13.8. The van der Waals surface area contributed by atoms with Crippen LogP contribution < -0.4 is 19.6 Å². The number of nitriles is 1. The zero-order valence-electron chi connectivity index (χ0n) is 23.7. The lowest BCUT2D eigenvalue weighted by Gasteiger charge is -2.24. The zero-order valence-corrected chi connectivity index (χ0v) is 29.6. The van der Waals surface area contributed by atoms with Crippen LogP contribution in [0, 0.1) is 18.5 Å². The van der Waals surface area contributed by atoms with Crippen molar-refractivity contribution in [2.24, 2.45) is 4.99 Å². The Balaban J connectivity index is 1.45. The van der Waals surface area contributed by atoms with E-state index in [4.69, 9.17) is 14.5 Å². The largest absolute Gasteiger partial charge is 0.487 e. The van der Waals surface area contributed by atoms with Crippen molar-refractivity contribution in [1.29, 1.82) is 5.26 Å². The fourth-order valence-corrected chi connectivity index (χ4v) is 8.97. The molecule has 224 valence electrons. The molecule has 3 aromatic carbocycles. The molecule has 0 saturated heterocycles. The Morgan fingerprint density at radius 1 is 1.07 bits per heavy atom. The second-order valence-electron chi connectivity index (χ2n) is 9.82. The van der Waals surface area contributed by atoms with Gasteiger partial charge in [0.05, 0.1) is 41.2 Å². The van der Waals surface area contributed by atoms with Crippen LogP contribution in [0.15, 0.2) is 99.6 Å². The first-order valence-electron chi connectivity index (χ1n) is 13.8. The Morgan fingerprint density at radius 3 is 2.49 bits per heavy atom. The number of nitrogens with zero attached hydrogens (tertiary/aromatic N) is 3. The summed E-state index contributed by atoms with van der Waals surface area (Å²) in [5.41, 5.74) is 3.61. The molecule has 0 unspecified atom stereocenters. The van der Waals surface area contributed by atoms with Crippen molar-refractivity contribution in [2.45, 2.75) is 19.6 Å². The number of ether oxygens (including phenoxy) is 2. The van der Waals surface area contributed by atoms with Crippen LogP contribution in [0.4, 0.5) is 0 Å². The third-order valence-electron chi connectivity index (χ3n) is 7.01. The van der Waals surface area contributed by atoms with Gasteiger partial charge >= 0.3 is 5.97 Å². The number of halogens is 2. The minimum atomic E-state index is -0.676. The number of carbonyl (C=O) groups is 1. The topological polar surface area (TPSA) is 93.7 Å². The average Bonchev–Trinajstić information content (AvgIpc) is 3.69. The number of hydrogen-bond acceptors (Lipinski definition) is 8. The average molecular weight is 856 g/mol. The monoisotopic (exact) mass is 855 g/mol. The minimum absolute atomic E-state index is 0.202. The van der Waals surface area contributed by atoms with Crippen molar-refractivity contribution in [3.8, 4) is 11.8 Å². The van der Waals surface area contributed by atoms with Crippen LogP contribution in [-0.2, 0) is 16.1 Å². The number of thiazole rings is 1. The van der Waals surface area contributed by atoms with Gasteiger partial charge in [-0.15, -0.1) is 11.3 Å². The lowest BCUT2D eigenvalue weighted by atomic mass is 9.97. The molecule has 1 aliphatic heterocycles. The van der Waals surface area contributed by atoms with Gasteiger partial charge in [-0.2, -0.15) is 5.26 Å². The number of fused-ring (bicyclic) bond motifs is 1. The molecule has 11 heteroatoms. The zero-order chi connectivity index (χ0) is 31.5. The predicted octanol–water partition coefficient (Wildman–Crippen LogP) is 6.66. The predicted molar refractivity (Wildman–Crippen MR) is 193 cm³/mol. The van der Waals surface area contributed by atoms with E-state index in [2.05, 4.69) is 51.3 Å². The Kier molecular flexibility index (Phi) is 9.64. The first kappa shape index (κ1) is 31.4. The van der Waals surface area contributed by atoms with E-state index >= 15 is 0 Å². The standard InChI is InChI=1S/C34H23I2N3O4S2/c1-2-42-33(41)28-29(21-9-4-3-5-10-21)38-34-39(30(28)26-13-8-14-44-26)32(40)27(45-34)17-20-15-24(35)31(25(36)16-20)43-19-23-12-7-6-11-22(23)18-37/h3-17,30H,2,19H2,1H3/b27-17-/t30-/m0/s1. The first-order valence-corrected chi connectivity index (χ1v) is 17.7. The number of hydrogen-bond donors (Lipinski definition) is 0. The number of esters is 1. The van der Waals surface area contributed by atoms with E-state index in [-0.39, 0.29) is 18.8 Å². The summed E-state index contributed by atoms with van der Waals surface area (Å²) in [6.07, 6.45) is 1.85. The molecule has 0 amide bonds. The van der Waals surface area contributed by atoms with Gasteiger partial charge in [-0.3, -0.25) is 9.36 Å². The lowest BCUT2D eigenvalue weighted by molar-refractivity contribution is -0.138. The molecule has 1 atom stereocenters. The number of thiophene rings is 1. The fraction of sp³-hybridized carbons (Fsp3) is 0.118. The molecule has 5 aromatic rings. The molecular formula is C34H23I2N3O4S2. The highest BCUT2D eigenvalue weighted by Crippen LogP contribution is 2.37. The van der Waals surface area contributed by atoms with Crippen molar-refractivity contribution in [3.05, 3.63) is 144 Å². The highest BCUT2D eigenvalue weighted by molar-refractivity contribution is 14.1. The third-order valence-corrected chi connectivity index (χ3v) is 10.5. The Bertz CT molecular complexity index is 2140. The smallest absolute Gasteiger partial charge is 0.338 e. The van der Waals surface area contributed by atoms with Crippen molar-refractivity contribution >= 4 is 85.6 Å². The molecule has 7 nitrogen and oxygen atoms in total. The van der Waals surface area contributed by atoms with Crippen LogP contribution in [-0.4, -0.2) is 17.1 Å². The summed E-state index contributed by atoms with van der Waals surface area (Å²) in [5.74, 6) is 0.219. The van der Waals surface area contributed by atoms with Crippen molar-refractivity contribution in [3.63, 3.8) is 0 Å². The van der Waals surface area contributed by atoms with E-state index < -0.39 is 12.0 Å². The maximum Gasteiger partial charge on any atom is 0.338 e. The minimum Gasteiger partial charge on any atom is -0.487 e. The molecule has 3 heterocycles. The Morgan fingerprint density at radius 2 is 1.80 bits per heavy atom. The molecule has 0 saturated carbocycles. The normalized spacial score (nSPS) is 14.4. The summed E-state index contributed by atoms with van der Waals surface area (Å²) in [6.45, 7) is 2.23. The van der Waals surface area contributed by atoms with Crippen LogP contribution in [0.25, 0.3) is 11.8 Å². The summed E-state index contributed by atoms with van der Waals surface area (Å²) in [6, 6.07) is 26.2. The van der Waals surface area contributed by atoms with Gasteiger partial charge in [0.15, 0.2) is 4.80 Å². The maximum absolute atomic E-state index is 14.1. The van der Waals surface area contributed by atoms with Gasteiger partial charge in [0.2, 0.25) is 0 Å². The molecule has 0 bridgehead atoms. The third kappa shape index (κ3) is 6.42. The highest BCUT2D eigenvalue weighted by atomic mass is 127.